The molecule has 0 radical (unpaired) electrons. The van der Waals surface area contributed by atoms with Gasteiger partial charge in [0.1, 0.15) is 0 Å². The lowest BCUT2D eigenvalue weighted by Gasteiger charge is -2.30. The average Bonchev–Trinajstić information content (AvgIpc) is 2.67. The van der Waals surface area contributed by atoms with Crippen molar-refractivity contribution in [3.05, 3.63) is 69.9 Å². The number of hydrogen-bond donors (Lipinski definition) is 1. The number of nitrogens with two attached hydrogens (primary N) is 1. The summed E-state index contributed by atoms with van der Waals surface area (Å²) in [5, 5.41) is 2.19. The molecule has 142 valence electrons. The Morgan fingerprint density at radius 1 is 1.14 bits per heavy atom. The summed E-state index contributed by atoms with van der Waals surface area (Å²) in [6.45, 7) is 3.29. The van der Waals surface area contributed by atoms with Gasteiger partial charge in [0.15, 0.2) is 0 Å². The van der Waals surface area contributed by atoms with Crippen molar-refractivity contribution in [2.24, 2.45) is 5.73 Å². The molecule has 2 heterocycles. The standard InChI is InChI=1S/C22H19Cl2N3O/c1-13-10-20(27-9-3-4-14(12-27)22(25)28)18-6-2-5-17(21(18)26-13)16-8-7-15(23)11-19(16)24/h2,4-8,10-11H,3,9,12H2,1H3,(H2,25,28). The summed E-state index contributed by atoms with van der Waals surface area (Å²) in [6, 6.07) is 13.6. The molecule has 28 heavy (non-hydrogen) atoms. The molecule has 2 aromatic carbocycles. The molecule has 0 bridgehead atoms. The van der Waals surface area contributed by atoms with E-state index in [0.717, 1.165) is 46.4 Å². The molecule has 0 fully saturated rings. The molecular weight excluding hydrogens is 393 g/mol. The highest BCUT2D eigenvalue weighted by atomic mass is 35.5. The smallest absolute Gasteiger partial charge is 0.246 e. The minimum atomic E-state index is -0.367. The summed E-state index contributed by atoms with van der Waals surface area (Å²) in [7, 11) is 0. The lowest BCUT2D eigenvalue weighted by atomic mass is 9.99. The number of amides is 1. The summed E-state index contributed by atoms with van der Waals surface area (Å²) in [5.74, 6) is -0.367. The van der Waals surface area contributed by atoms with E-state index in [1.165, 1.54) is 0 Å². The molecule has 1 amide bonds. The predicted octanol–water partition coefficient (Wildman–Crippen LogP) is 5.14. The number of benzene rings is 2. The topological polar surface area (TPSA) is 59.2 Å². The van der Waals surface area contributed by atoms with E-state index in [1.807, 2.05) is 43.3 Å². The molecule has 6 heteroatoms. The maximum absolute atomic E-state index is 11.7. The van der Waals surface area contributed by atoms with Crippen LogP contribution in [0.3, 0.4) is 0 Å². The van der Waals surface area contributed by atoms with Gasteiger partial charge in [0, 0.05) is 56.6 Å². The van der Waals surface area contributed by atoms with E-state index in [2.05, 4.69) is 11.0 Å². The Bertz CT molecular complexity index is 1120. The summed E-state index contributed by atoms with van der Waals surface area (Å²) < 4.78 is 0. The fourth-order valence-corrected chi connectivity index (χ4v) is 4.18. The van der Waals surface area contributed by atoms with E-state index in [4.69, 9.17) is 33.9 Å². The minimum Gasteiger partial charge on any atom is -0.366 e. The number of fused-ring (bicyclic) bond motifs is 1. The number of carbonyl (C=O) groups is 1. The van der Waals surface area contributed by atoms with Crippen LogP contribution in [0.2, 0.25) is 10.0 Å². The minimum absolute atomic E-state index is 0.367. The molecule has 4 nitrogen and oxygen atoms in total. The van der Waals surface area contributed by atoms with Crippen LogP contribution in [0, 0.1) is 6.92 Å². The molecule has 0 saturated carbocycles. The van der Waals surface area contributed by atoms with Gasteiger partial charge in [-0.05, 0) is 31.5 Å². The molecule has 0 atom stereocenters. The van der Waals surface area contributed by atoms with Crippen LogP contribution < -0.4 is 10.6 Å². The van der Waals surface area contributed by atoms with Crippen LogP contribution >= 0.6 is 23.2 Å². The van der Waals surface area contributed by atoms with Crippen LogP contribution in [0.25, 0.3) is 22.0 Å². The summed E-state index contributed by atoms with van der Waals surface area (Å²) in [5.41, 5.74) is 10.8. The summed E-state index contributed by atoms with van der Waals surface area (Å²) >= 11 is 12.5. The zero-order chi connectivity index (χ0) is 19.8. The number of para-hydroxylation sites is 1. The van der Waals surface area contributed by atoms with Gasteiger partial charge in [0.25, 0.3) is 0 Å². The molecular formula is C22H19Cl2N3O. The monoisotopic (exact) mass is 411 g/mol. The second-order valence-electron chi connectivity index (χ2n) is 6.91. The van der Waals surface area contributed by atoms with Crippen molar-refractivity contribution in [2.75, 3.05) is 18.0 Å². The Balaban J connectivity index is 1.89. The Morgan fingerprint density at radius 2 is 1.96 bits per heavy atom. The first-order valence-electron chi connectivity index (χ1n) is 9.03. The lowest BCUT2D eigenvalue weighted by Crippen LogP contribution is -2.34. The second kappa shape index (κ2) is 7.46. The van der Waals surface area contributed by atoms with Crippen molar-refractivity contribution in [1.29, 1.82) is 0 Å². The molecule has 0 saturated heterocycles. The van der Waals surface area contributed by atoms with Gasteiger partial charge < -0.3 is 10.6 Å². The fraction of sp³-hybridized carbons (Fsp3) is 0.182. The molecule has 4 rings (SSSR count). The Morgan fingerprint density at radius 3 is 2.71 bits per heavy atom. The number of nitrogens with zero attached hydrogens (tertiary/aromatic N) is 2. The Hall–Kier alpha value is -2.56. The van der Waals surface area contributed by atoms with Gasteiger partial charge in [-0.25, -0.2) is 0 Å². The highest BCUT2D eigenvalue weighted by Gasteiger charge is 2.20. The van der Waals surface area contributed by atoms with Gasteiger partial charge in [0.05, 0.1) is 5.52 Å². The normalized spacial score (nSPS) is 14.2. The number of aromatic nitrogens is 1. The van der Waals surface area contributed by atoms with Gasteiger partial charge in [-0.1, -0.05) is 53.5 Å². The summed E-state index contributed by atoms with van der Waals surface area (Å²) in [6.07, 6.45) is 2.71. The third kappa shape index (κ3) is 3.46. The number of hydrogen-bond acceptors (Lipinski definition) is 3. The van der Waals surface area contributed by atoms with Gasteiger partial charge in [-0.3, -0.25) is 9.78 Å². The molecule has 2 N–H and O–H groups in total. The zero-order valence-corrected chi connectivity index (χ0v) is 16.9. The number of pyridine rings is 1. The zero-order valence-electron chi connectivity index (χ0n) is 15.4. The second-order valence-corrected chi connectivity index (χ2v) is 7.76. The maximum Gasteiger partial charge on any atom is 0.246 e. The third-order valence-electron chi connectivity index (χ3n) is 4.98. The number of aryl methyl sites for hydroxylation is 1. The molecule has 3 aromatic rings. The largest absolute Gasteiger partial charge is 0.366 e. The number of halogens is 2. The molecule has 1 aliphatic heterocycles. The van der Waals surface area contributed by atoms with E-state index < -0.39 is 0 Å². The van der Waals surface area contributed by atoms with Gasteiger partial charge in [-0.15, -0.1) is 0 Å². The lowest BCUT2D eigenvalue weighted by molar-refractivity contribution is -0.114. The van der Waals surface area contributed by atoms with Crippen LogP contribution in [0.1, 0.15) is 12.1 Å². The fourth-order valence-electron chi connectivity index (χ4n) is 3.67. The van der Waals surface area contributed by atoms with E-state index in [0.29, 0.717) is 22.2 Å². The van der Waals surface area contributed by atoms with Crippen molar-refractivity contribution >= 4 is 45.7 Å². The first-order chi connectivity index (χ1) is 13.4. The molecule has 0 aliphatic carbocycles. The molecule has 0 unspecified atom stereocenters. The van der Waals surface area contributed by atoms with E-state index in [9.17, 15) is 4.79 Å². The molecule has 1 aliphatic rings. The molecule has 1 aromatic heterocycles. The highest BCUT2D eigenvalue weighted by molar-refractivity contribution is 6.36. The van der Waals surface area contributed by atoms with Gasteiger partial charge in [0.2, 0.25) is 5.91 Å². The molecule has 0 spiro atoms. The van der Waals surface area contributed by atoms with Gasteiger partial charge >= 0.3 is 0 Å². The number of primary amides is 1. The van der Waals surface area contributed by atoms with Crippen molar-refractivity contribution in [2.45, 2.75) is 13.3 Å². The maximum atomic E-state index is 11.7. The van der Waals surface area contributed by atoms with Crippen LogP contribution in [-0.2, 0) is 4.79 Å². The SMILES string of the molecule is Cc1cc(N2CCC=C(C(N)=O)C2)c2cccc(-c3ccc(Cl)cc3Cl)c2n1. The van der Waals surface area contributed by atoms with Crippen LogP contribution in [0.4, 0.5) is 5.69 Å². The van der Waals surface area contributed by atoms with Crippen LogP contribution in [0.15, 0.2) is 54.1 Å². The summed E-state index contributed by atoms with van der Waals surface area (Å²) in [4.78, 5) is 18.6. The quantitative estimate of drug-likeness (QED) is 0.648. The van der Waals surface area contributed by atoms with Crippen molar-refractivity contribution < 1.29 is 4.79 Å². The average molecular weight is 412 g/mol. The first kappa shape index (κ1) is 18.8. The van der Waals surface area contributed by atoms with Crippen LogP contribution in [-0.4, -0.2) is 24.0 Å². The first-order valence-corrected chi connectivity index (χ1v) is 9.79. The number of anilines is 1. The van der Waals surface area contributed by atoms with Gasteiger partial charge in [-0.2, -0.15) is 0 Å². The highest BCUT2D eigenvalue weighted by Crippen LogP contribution is 2.37. The third-order valence-corrected chi connectivity index (χ3v) is 5.52. The van der Waals surface area contributed by atoms with Crippen molar-refractivity contribution in [3.8, 4) is 11.1 Å². The van der Waals surface area contributed by atoms with Crippen molar-refractivity contribution in [1.82, 2.24) is 4.98 Å². The number of carbonyl (C=O) groups excluding carboxylic acids is 1. The Labute approximate surface area is 173 Å². The van der Waals surface area contributed by atoms with Crippen LogP contribution in [0.5, 0.6) is 0 Å². The van der Waals surface area contributed by atoms with E-state index >= 15 is 0 Å². The Kier molecular flexibility index (Phi) is 5.00. The van der Waals surface area contributed by atoms with Crippen molar-refractivity contribution in [3.63, 3.8) is 0 Å². The van der Waals surface area contributed by atoms with E-state index in [1.54, 1.807) is 6.07 Å². The number of rotatable bonds is 3. The predicted molar refractivity (Wildman–Crippen MR) is 116 cm³/mol. The van der Waals surface area contributed by atoms with E-state index in [-0.39, 0.29) is 5.91 Å².